The number of benzene rings is 2. The average molecular weight is 303 g/mol. The molecule has 110 valence electrons. The SMILES string of the molecule is Cc1cc(OCC(=O)c2ccc(Cl)cc2)ccc1C(C)C. The quantitative estimate of drug-likeness (QED) is 0.724. The molecule has 0 heterocycles. The zero-order valence-electron chi connectivity index (χ0n) is 12.5. The van der Waals surface area contributed by atoms with Gasteiger partial charge in [0.25, 0.3) is 0 Å². The van der Waals surface area contributed by atoms with Gasteiger partial charge in [-0.3, -0.25) is 4.79 Å². The maximum absolute atomic E-state index is 12.0. The Morgan fingerprint density at radius 3 is 2.38 bits per heavy atom. The number of aryl methyl sites for hydroxylation is 1. The fraction of sp³-hybridized carbons (Fsp3) is 0.278. The summed E-state index contributed by atoms with van der Waals surface area (Å²) in [6, 6.07) is 12.8. The summed E-state index contributed by atoms with van der Waals surface area (Å²) in [5.74, 6) is 1.14. The summed E-state index contributed by atoms with van der Waals surface area (Å²) < 4.78 is 5.59. The Kier molecular flexibility index (Phi) is 5.03. The number of halogens is 1. The minimum Gasteiger partial charge on any atom is -0.485 e. The topological polar surface area (TPSA) is 26.3 Å². The van der Waals surface area contributed by atoms with E-state index in [-0.39, 0.29) is 12.4 Å². The van der Waals surface area contributed by atoms with Crippen molar-refractivity contribution < 1.29 is 9.53 Å². The van der Waals surface area contributed by atoms with Crippen molar-refractivity contribution in [2.24, 2.45) is 0 Å². The van der Waals surface area contributed by atoms with Crippen LogP contribution in [0.4, 0.5) is 0 Å². The number of carbonyl (C=O) groups is 1. The normalized spacial score (nSPS) is 10.7. The van der Waals surface area contributed by atoms with E-state index in [4.69, 9.17) is 16.3 Å². The molecule has 0 saturated carbocycles. The lowest BCUT2D eigenvalue weighted by atomic mass is 9.98. The van der Waals surface area contributed by atoms with Crippen LogP contribution in [0, 0.1) is 6.92 Å². The molecule has 3 heteroatoms. The highest BCUT2D eigenvalue weighted by Gasteiger charge is 2.08. The van der Waals surface area contributed by atoms with Crippen molar-refractivity contribution in [1.82, 2.24) is 0 Å². The highest BCUT2D eigenvalue weighted by Crippen LogP contribution is 2.23. The molecule has 0 aliphatic rings. The zero-order chi connectivity index (χ0) is 15.4. The first-order valence-electron chi connectivity index (χ1n) is 6.99. The van der Waals surface area contributed by atoms with Crippen LogP contribution < -0.4 is 4.74 Å². The number of ether oxygens (including phenoxy) is 1. The van der Waals surface area contributed by atoms with Crippen molar-refractivity contribution in [3.05, 3.63) is 64.2 Å². The first-order valence-corrected chi connectivity index (χ1v) is 7.37. The van der Waals surface area contributed by atoms with E-state index < -0.39 is 0 Å². The molecule has 2 aromatic carbocycles. The van der Waals surface area contributed by atoms with Gasteiger partial charge >= 0.3 is 0 Å². The predicted octanol–water partition coefficient (Wildman–Crippen LogP) is 5.03. The molecule has 0 aliphatic carbocycles. The van der Waals surface area contributed by atoms with E-state index in [1.54, 1.807) is 24.3 Å². The van der Waals surface area contributed by atoms with Gasteiger partial charge in [-0.2, -0.15) is 0 Å². The molecule has 2 rings (SSSR count). The highest BCUT2D eigenvalue weighted by atomic mass is 35.5. The molecule has 21 heavy (non-hydrogen) atoms. The molecule has 0 amide bonds. The lowest BCUT2D eigenvalue weighted by Gasteiger charge is -2.12. The largest absolute Gasteiger partial charge is 0.485 e. The second-order valence-electron chi connectivity index (χ2n) is 5.39. The molecule has 2 aromatic rings. The Balaban J connectivity index is 2.01. The van der Waals surface area contributed by atoms with Crippen molar-refractivity contribution in [1.29, 1.82) is 0 Å². The molecule has 0 aromatic heterocycles. The van der Waals surface area contributed by atoms with E-state index in [0.29, 0.717) is 16.5 Å². The van der Waals surface area contributed by atoms with Gasteiger partial charge in [0.1, 0.15) is 5.75 Å². The van der Waals surface area contributed by atoms with Crippen LogP contribution in [0.3, 0.4) is 0 Å². The summed E-state index contributed by atoms with van der Waals surface area (Å²) in [5.41, 5.74) is 3.09. The molecular weight excluding hydrogens is 284 g/mol. The molecule has 0 saturated heterocycles. The van der Waals surface area contributed by atoms with E-state index >= 15 is 0 Å². The molecule has 0 unspecified atom stereocenters. The van der Waals surface area contributed by atoms with Crippen molar-refractivity contribution in [3.8, 4) is 5.75 Å². The number of carbonyl (C=O) groups excluding carboxylic acids is 1. The molecule has 0 atom stereocenters. The first kappa shape index (κ1) is 15.6. The van der Waals surface area contributed by atoms with Crippen LogP contribution in [-0.4, -0.2) is 12.4 Å². The molecule has 0 bridgehead atoms. The van der Waals surface area contributed by atoms with Gasteiger partial charge in [0.05, 0.1) is 0 Å². The van der Waals surface area contributed by atoms with Crippen molar-refractivity contribution in [3.63, 3.8) is 0 Å². The van der Waals surface area contributed by atoms with E-state index in [9.17, 15) is 4.79 Å². The van der Waals surface area contributed by atoms with Gasteiger partial charge in [-0.15, -0.1) is 0 Å². The average Bonchev–Trinajstić information content (AvgIpc) is 2.45. The summed E-state index contributed by atoms with van der Waals surface area (Å²) in [6.45, 7) is 6.41. The van der Waals surface area contributed by atoms with Gasteiger partial charge in [0, 0.05) is 10.6 Å². The summed E-state index contributed by atoms with van der Waals surface area (Å²) in [5, 5.41) is 0.618. The Hall–Kier alpha value is -1.80. The van der Waals surface area contributed by atoms with Gasteiger partial charge in [-0.1, -0.05) is 31.5 Å². The summed E-state index contributed by atoms with van der Waals surface area (Å²) in [7, 11) is 0. The Morgan fingerprint density at radius 1 is 1.14 bits per heavy atom. The highest BCUT2D eigenvalue weighted by molar-refractivity contribution is 6.30. The van der Waals surface area contributed by atoms with Crippen LogP contribution in [0.15, 0.2) is 42.5 Å². The Bertz CT molecular complexity index is 630. The third-order valence-electron chi connectivity index (χ3n) is 3.40. The van der Waals surface area contributed by atoms with E-state index in [2.05, 4.69) is 26.8 Å². The third-order valence-corrected chi connectivity index (χ3v) is 3.65. The predicted molar refractivity (Wildman–Crippen MR) is 86.5 cm³/mol. The van der Waals surface area contributed by atoms with Gasteiger partial charge in [-0.05, 0) is 60.4 Å². The molecular formula is C18H19ClO2. The first-order chi connectivity index (χ1) is 9.97. The number of rotatable bonds is 5. The van der Waals surface area contributed by atoms with Crippen molar-refractivity contribution >= 4 is 17.4 Å². The summed E-state index contributed by atoms with van der Waals surface area (Å²) in [4.78, 5) is 12.0. The fourth-order valence-electron chi connectivity index (χ4n) is 2.25. The lowest BCUT2D eigenvalue weighted by molar-refractivity contribution is 0.0921. The van der Waals surface area contributed by atoms with E-state index in [0.717, 1.165) is 5.75 Å². The van der Waals surface area contributed by atoms with Gasteiger partial charge in [-0.25, -0.2) is 0 Å². The van der Waals surface area contributed by atoms with Crippen LogP contribution in [0.1, 0.15) is 41.3 Å². The fourth-order valence-corrected chi connectivity index (χ4v) is 2.38. The van der Waals surface area contributed by atoms with Crippen LogP contribution in [0.2, 0.25) is 5.02 Å². The van der Waals surface area contributed by atoms with Crippen LogP contribution in [0.5, 0.6) is 5.75 Å². The zero-order valence-corrected chi connectivity index (χ0v) is 13.3. The molecule has 2 nitrogen and oxygen atoms in total. The van der Waals surface area contributed by atoms with Crippen LogP contribution in [-0.2, 0) is 0 Å². The lowest BCUT2D eigenvalue weighted by Crippen LogP contribution is -2.11. The van der Waals surface area contributed by atoms with Gasteiger partial charge in [0.2, 0.25) is 0 Å². The third kappa shape index (κ3) is 4.08. The standard InChI is InChI=1S/C18H19ClO2/c1-12(2)17-9-8-16(10-13(17)3)21-11-18(20)14-4-6-15(19)7-5-14/h4-10,12H,11H2,1-3H3. The minimum absolute atomic E-state index is 0.0299. The second kappa shape index (κ2) is 6.77. The smallest absolute Gasteiger partial charge is 0.200 e. The second-order valence-corrected chi connectivity index (χ2v) is 5.83. The molecule has 0 spiro atoms. The Labute approximate surface area is 130 Å². The summed E-state index contributed by atoms with van der Waals surface area (Å²) >= 11 is 5.80. The number of hydrogen-bond acceptors (Lipinski definition) is 2. The van der Waals surface area contributed by atoms with Crippen molar-refractivity contribution in [2.45, 2.75) is 26.7 Å². The minimum atomic E-state index is -0.0581. The van der Waals surface area contributed by atoms with Crippen molar-refractivity contribution in [2.75, 3.05) is 6.61 Å². The summed E-state index contributed by atoms with van der Waals surface area (Å²) in [6.07, 6.45) is 0. The van der Waals surface area contributed by atoms with E-state index in [1.165, 1.54) is 11.1 Å². The van der Waals surface area contributed by atoms with Crippen LogP contribution >= 0.6 is 11.6 Å². The van der Waals surface area contributed by atoms with Crippen LogP contribution in [0.25, 0.3) is 0 Å². The number of Topliss-reactive ketones (excluding diaryl/α,β-unsaturated/α-hetero) is 1. The number of hydrogen-bond donors (Lipinski definition) is 0. The monoisotopic (exact) mass is 302 g/mol. The number of ketones is 1. The van der Waals surface area contributed by atoms with Gasteiger partial charge in [0.15, 0.2) is 12.4 Å². The molecule has 0 fully saturated rings. The molecule has 0 N–H and O–H groups in total. The molecule has 0 aliphatic heterocycles. The van der Waals surface area contributed by atoms with Gasteiger partial charge < -0.3 is 4.74 Å². The Morgan fingerprint density at radius 2 is 1.81 bits per heavy atom. The van der Waals surface area contributed by atoms with E-state index in [1.807, 2.05) is 12.1 Å². The maximum atomic E-state index is 12.0. The molecule has 0 radical (unpaired) electrons. The maximum Gasteiger partial charge on any atom is 0.200 e.